The summed E-state index contributed by atoms with van der Waals surface area (Å²) in [4.78, 5) is 0. The molecule has 0 atom stereocenters. The van der Waals surface area contributed by atoms with E-state index < -0.39 is 0 Å². The Kier molecular flexibility index (Phi) is 2.60. The van der Waals surface area contributed by atoms with Gasteiger partial charge in [-0.15, -0.1) is 0 Å². The fourth-order valence-corrected chi connectivity index (χ4v) is 0.911. The predicted molar refractivity (Wildman–Crippen MR) is 45.8 cm³/mol. The minimum atomic E-state index is -0.354. The van der Waals surface area contributed by atoms with Crippen molar-refractivity contribution in [2.75, 3.05) is 0 Å². The van der Waals surface area contributed by atoms with Crippen LogP contribution >= 0.6 is 0 Å². The molecular weight excluding hydrogens is 153 g/mol. The highest BCUT2D eigenvalue weighted by atomic mass is 19.1. The predicted octanol–water partition coefficient (Wildman–Crippen LogP) is 2.73. The number of halogens is 1. The highest BCUT2D eigenvalue weighted by Gasteiger charge is 1.98. The maximum Gasteiger partial charge on any atom is 0.131 e. The van der Waals surface area contributed by atoms with E-state index in [4.69, 9.17) is 5.26 Å². The van der Waals surface area contributed by atoms with Gasteiger partial charge in [0, 0.05) is 5.56 Å². The summed E-state index contributed by atoms with van der Waals surface area (Å²) in [6, 6.07) is 6.29. The molecule has 0 aliphatic heterocycles. The minimum Gasteiger partial charge on any atom is -0.206 e. The van der Waals surface area contributed by atoms with Crippen LogP contribution in [0.15, 0.2) is 24.3 Å². The third kappa shape index (κ3) is 1.70. The summed E-state index contributed by atoms with van der Waals surface area (Å²) in [6.45, 7) is 1.82. The lowest BCUT2D eigenvalue weighted by Crippen LogP contribution is -1.83. The average Bonchev–Trinajstić information content (AvgIpc) is 2.09. The first-order chi connectivity index (χ1) is 5.77. The zero-order valence-electron chi connectivity index (χ0n) is 6.71. The molecule has 0 saturated heterocycles. The van der Waals surface area contributed by atoms with Crippen LogP contribution < -0.4 is 0 Å². The Hall–Kier alpha value is -1.62. The molecule has 0 aliphatic carbocycles. The molecule has 1 nitrogen and oxygen atoms in total. The second-order valence-electron chi connectivity index (χ2n) is 2.35. The van der Waals surface area contributed by atoms with Crippen LogP contribution in [-0.4, -0.2) is 0 Å². The van der Waals surface area contributed by atoms with Crippen molar-refractivity contribution in [3.8, 4) is 6.07 Å². The minimum absolute atomic E-state index is 0.348. The molecule has 0 bridgehead atoms. The van der Waals surface area contributed by atoms with Crippen molar-refractivity contribution >= 4 is 6.08 Å². The molecule has 0 spiro atoms. The van der Waals surface area contributed by atoms with Crippen molar-refractivity contribution in [1.29, 1.82) is 5.26 Å². The molecule has 2 heteroatoms. The first kappa shape index (κ1) is 8.48. The Morgan fingerprint density at radius 2 is 2.25 bits per heavy atom. The smallest absolute Gasteiger partial charge is 0.131 e. The first-order valence-corrected chi connectivity index (χ1v) is 3.60. The zero-order valence-corrected chi connectivity index (χ0v) is 6.71. The van der Waals surface area contributed by atoms with E-state index in [0.717, 1.165) is 0 Å². The number of allylic oxidation sites excluding steroid dienone is 1. The van der Waals surface area contributed by atoms with E-state index in [-0.39, 0.29) is 5.82 Å². The number of rotatable bonds is 1. The quantitative estimate of drug-likeness (QED) is 0.621. The lowest BCUT2D eigenvalue weighted by atomic mass is 10.1. The maximum absolute atomic E-state index is 13.0. The van der Waals surface area contributed by atoms with Gasteiger partial charge >= 0.3 is 0 Å². The van der Waals surface area contributed by atoms with Crippen molar-refractivity contribution in [3.63, 3.8) is 0 Å². The van der Waals surface area contributed by atoms with Gasteiger partial charge in [-0.1, -0.05) is 18.2 Å². The van der Waals surface area contributed by atoms with Crippen molar-refractivity contribution in [2.24, 2.45) is 0 Å². The first-order valence-electron chi connectivity index (χ1n) is 3.60. The van der Waals surface area contributed by atoms with Crippen LogP contribution in [0.25, 0.3) is 6.08 Å². The third-order valence-electron chi connectivity index (χ3n) is 1.48. The monoisotopic (exact) mass is 161 g/mol. The molecule has 0 fully saturated rings. The SMILES string of the molecule is C/C=C/c1ccc(C#N)cc1F. The van der Waals surface area contributed by atoms with E-state index in [0.29, 0.717) is 11.1 Å². The Labute approximate surface area is 70.8 Å². The Bertz CT molecular complexity index is 347. The van der Waals surface area contributed by atoms with E-state index >= 15 is 0 Å². The van der Waals surface area contributed by atoms with E-state index in [1.54, 1.807) is 24.3 Å². The van der Waals surface area contributed by atoms with Gasteiger partial charge in [0.15, 0.2) is 0 Å². The van der Waals surface area contributed by atoms with E-state index in [2.05, 4.69) is 0 Å². The van der Waals surface area contributed by atoms with Gasteiger partial charge in [0.2, 0.25) is 0 Å². The summed E-state index contributed by atoms with van der Waals surface area (Å²) >= 11 is 0. The highest BCUT2D eigenvalue weighted by Crippen LogP contribution is 2.11. The number of hydrogen-bond donors (Lipinski definition) is 0. The lowest BCUT2D eigenvalue weighted by Gasteiger charge is -1.95. The standard InChI is InChI=1S/C10H8FN/c1-2-3-9-5-4-8(7-12)6-10(9)11/h2-6H,1H3/b3-2+. The summed E-state index contributed by atoms with van der Waals surface area (Å²) in [5.74, 6) is -0.354. The fraction of sp³-hybridized carbons (Fsp3) is 0.100. The molecule has 0 radical (unpaired) electrons. The molecule has 1 aromatic rings. The number of benzene rings is 1. The number of hydrogen-bond acceptors (Lipinski definition) is 1. The molecular formula is C10H8FN. The summed E-state index contributed by atoms with van der Waals surface area (Å²) < 4.78 is 13.0. The molecule has 0 heterocycles. The third-order valence-corrected chi connectivity index (χ3v) is 1.48. The van der Waals surface area contributed by atoms with Gasteiger partial charge in [-0.05, 0) is 19.1 Å². The van der Waals surface area contributed by atoms with Crippen molar-refractivity contribution < 1.29 is 4.39 Å². The topological polar surface area (TPSA) is 23.8 Å². The normalized spacial score (nSPS) is 10.1. The van der Waals surface area contributed by atoms with Crippen LogP contribution in [0.3, 0.4) is 0 Å². The molecule has 1 aromatic carbocycles. The molecule has 0 aliphatic rings. The number of nitrogens with zero attached hydrogens (tertiary/aromatic N) is 1. The van der Waals surface area contributed by atoms with Gasteiger partial charge in [-0.3, -0.25) is 0 Å². The molecule has 0 saturated carbocycles. The zero-order chi connectivity index (χ0) is 8.97. The van der Waals surface area contributed by atoms with E-state index in [1.165, 1.54) is 6.07 Å². The molecule has 1 rings (SSSR count). The van der Waals surface area contributed by atoms with E-state index in [1.807, 2.05) is 13.0 Å². The van der Waals surface area contributed by atoms with Crippen LogP contribution in [0, 0.1) is 17.1 Å². The van der Waals surface area contributed by atoms with Crippen LogP contribution in [0.4, 0.5) is 4.39 Å². The summed E-state index contributed by atoms with van der Waals surface area (Å²) in [5.41, 5.74) is 0.859. The van der Waals surface area contributed by atoms with E-state index in [9.17, 15) is 4.39 Å². The van der Waals surface area contributed by atoms with Crippen molar-refractivity contribution in [3.05, 3.63) is 41.2 Å². The summed E-state index contributed by atoms with van der Waals surface area (Å²) in [6.07, 6.45) is 3.42. The molecule has 0 N–H and O–H groups in total. The second-order valence-corrected chi connectivity index (χ2v) is 2.35. The Morgan fingerprint density at radius 3 is 2.75 bits per heavy atom. The highest BCUT2D eigenvalue weighted by molar-refractivity contribution is 5.51. The molecule has 60 valence electrons. The van der Waals surface area contributed by atoms with Gasteiger partial charge in [-0.2, -0.15) is 5.26 Å². The lowest BCUT2D eigenvalue weighted by molar-refractivity contribution is 0.624. The Balaban J connectivity index is 3.14. The number of nitriles is 1. The van der Waals surface area contributed by atoms with Crippen LogP contribution in [0.2, 0.25) is 0 Å². The van der Waals surface area contributed by atoms with Gasteiger partial charge in [0.25, 0.3) is 0 Å². The van der Waals surface area contributed by atoms with Gasteiger partial charge < -0.3 is 0 Å². The van der Waals surface area contributed by atoms with Crippen LogP contribution in [0.5, 0.6) is 0 Å². The maximum atomic E-state index is 13.0. The second kappa shape index (κ2) is 3.68. The molecule has 0 unspecified atom stereocenters. The van der Waals surface area contributed by atoms with Gasteiger partial charge in [-0.25, -0.2) is 4.39 Å². The molecule has 0 amide bonds. The van der Waals surface area contributed by atoms with Crippen LogP contribution in [-0.2, 0) is 0 Å². The summed E-state index contributed by atoms with van der Waals surface area (Å²) in [7, 11) is 0. The summed E-state index contributed by atoms with van der Waals surface area (Å²) in [5, 5.41) is 8.45. The Morgan fingerprint density at radius 1 is 1.50 bits per heavy atom. The van der Waals surface area contributed by atoms with Gasteiger partial charge in [0.05, 0.1) is 11.6 Å². The van der Waals surface area contributed by atoms with Crippen molar-refractivity contribution in [2.45, 2.75) is 6.92 Å². The van der Waals surface area contributed by atoms with Crippen molar-refractivity contribution in [1.82, 2.24) is 0 Å². The van der Waals surface area contributed by atoms with Crippen LogP contribution in [0.1, 0.15) is 18.1 Å². The largest absolute Gasteiger partial charge is 0.206 e. The fourth-order valence-electron chi connectivity index (χ4n) is 0.911. The molecule has 12 heavy (non-hydrogen) atoms. The van der Waals surface area contributed by atoms with Gasteiger partial charge in [0.1, 0.15) is 5.82 Å². The average molecular weight is 161 g/mol. The molecule has 0 aromatic heterocycles.